The third-order valence-electron chi connectivity index (χ3n) is 3.14. The maximum atomic E-state index is 11.5. The molecule has 1 saturated heterocycles. The summed E-state index contributed by atoms with van der Waals surface area (Å²) in [7, 11) is 4.07. The molecule has 0 saturated carbocycles. The predicted octanol–water partition coefficient (Wildman–Crippen LogP) is 0.444. The number of hydrogen-bond acceptors (Lipinski definition) is 3. The van der Waals surface area contributed by atoms with E-state index >= 15 is 0 Å². The van der Waals surface area contributed by atoms with E-state index in [1.807, 2.05) is 7.05 Å². The SMILES string of the molecule is CNCCCC(=O)NCC1CCCN(C)C1. The second-order valence-electron chi connectivity index (χ2n) is 4.78. The first kappa shape index (κ1) is 13.5. The minimum absolute atomic E-state index is 0.198. The van der Waals surface area contributed by atoms with Crippen LogP contribution in [0.2, 0.25) is 0 Å². The molecule has 4 nitrogen and oxygen atoms in total. The van der Waals surface area contributed by atoms with E-state index in [0.29, 0.717) is 12.3 Å². The lowest BCUT2D eigenvalue weighted by molar-refractivity contribution is -0.121. The third kappa shape index (κ3) is 5.47. The smallest absolute Gasteiger partial charge is 0.220 e. The molecule has 4 heteroatoms. The van der Waals surface area contributed by atoms with Gasteiger partial charge in [0.15, 0.2) is 0 Å². The minimum atomic E-state index is 0.198. The van der Waals surface area contributed by atoms with Crippen LogP contribution < -0.4 is 10.6 Å². The first-order valence-electron chi connectivity index (χ1n) is 6.32. The Morgan fingerprint density at radius 2 is 2.31 bits per heavy atom. The van der Waals surface area contributed by atoms with E-state index in [1.54, 1.807) is 0 Å². The third-order valence-corrected chi connectivity index (χ3v) is 3.14. The second kappa shape index (κ2) is 7.63. The molecule has 94 valence electrons. The molecule has 1 rings (SSSR count). The lowest BCUT2D eigenvalue weighted by Crippen LogP contribution is -2.39. The highest BCUT2D eigenvalue weighted by Crippen LogP contribution is 2.13. The molecule has 1 aliphatic rings. The predicted molar refractivity (Wildman–Crippen MR) is 66.4 cm³/mol. The first-order valence-corrected chi connectivity index (χ1v) is 6.32. The summed E-state index contributed by atoms with van der Waals surface area (Å²) in [5.41, 5.74) is 0. The van der Waals surface area contributed by atoms with E-state index in [2.05, 4.69) is 22.6 Å². The first-order chi connectivity index (χ1) is 7.72. The van der Waals surface area contributed by atoms with Gasteiger partial charge in [-0.25, -0.2) is 0 Å². The largest absolute Gasteiger partial charge is 0.356 e. The highest BCUT2D eigenvalue weighted by atomic mass is 16.1. The van der Waals surface area contributed by atoms with Crippen molar-refractivity contribution in [1.29, 1.82) is 0 Å². The summed E-state index contributed by atoms with van der Waals surface area (Å²) in [5.74, 6) is 0.843. The standard InChI is InChI=1S/C12H25N3O/c1-13-7-3-6-12(16)14-9-11-5-4-8-15(2)10-11/h11,13H,3-10H2,1-2H3,(H,14,16). The van der Waals surface area contributed by atoms with Crippen LogP contribution in [0, 0.1) is 5.92 Å². The van der Waals surface area contributed by atoms with Gasteiger partial charge in [-0.3, -0.25) is 4.79 Å². The fraction of sp³-hybridized carbons (Fsp3) is 0.917. The van der Waals surface area contributed by atoms with Gasteiger partial charge < -0.3 is 15.5 Å². The van der Waals surface area contributed by atoms with Crippen molar-refractivity contribution in [2.24, 2.45) is 5.92 Å². The summed E-state index contributed by atoms with van der Waals surface area (Å²) >= 11 is 0. The molecule has 0 bridgehead atoms. The summed E-state index contributed by atoms with van der Waals surface area (Å²) in [6.07, 6.45) is 4.08. The van der Waals surface area contributed by atoms with Crippen molar-refractivity contribution in [3.05, 3.63) is 0 Å². The quantitative estimate of drug-likeness (QED) is 0.647. The van der Waals surface area contributed by atoms with Gasteiger partial charge in [0.2, 0.25) is 5.91 Å². The fourth-order valence-electron chi connectivity index (χ4n) is 2.21. The van der Waals surface area contributed by atoms with Gasteiger partial charge in [0.1, 0.15) is 0 Å². The van der Waals surface area contributed by atoms with Gasteiger partial charge in [-0.05, 0) is 52.4 Å². The number of hydrogen-bond donors (Lipinski definition) is 2. The van der Waals surface area contributed by atoms with Crippen LogP contribution in [0.3, 0.4) is 0 Å². The van der Waals surface area contributed by atoms with Gasteiger partial charge in [-0.1, -0.05) is 0 Å². The summed E-state index contributed by atoms with van der Waals surface area (Å²) < 4.78 is 0. The zero-order valence-corrected chi connectivity index (χ0v) is 10.6. The molecule has 0 aliphatic carbocycles. The number of likely N-dealkylation sites (tertiary alicyclic amines) is 1. The summed E-state index contributed by atoms with van der Waals surface area (Å²) in [4.78, 5) is 13.8. The Hall–Kier alpha value is -0.610. The van der Waals surface area contributed by atoms with E-state index < -0.39 is 0 Å². The maximum absolute atomic E-state index is 11.5. The number of rotatable bonds is 6. The van der Waals surface area contributed by atoms with Gasteiger partial charge in [0.25, 0.3) is 0 Å². The van der Waals surface area contributed by atoms with E-state index in [4.69, 9.17) is 0 Å². The Morgan fingerprint density at radius 1 is 1.50 bits per heavy atom. The Bertz CT molecular complexity index is 208. The number of nitrogens with zero attached hydrogens (tertiary/aromatic N) is 1. The normalized spacial score (nSPS) is 22.0. The molecule has 1 amide bonds. The highest BCUT2D eigenvalue weighted by molar-refractivity contribution is 5.75. The average Bonchev–Trinajstić information content (AvgIpc) is 2.27. The van der Waals surface area contributed by atoms with Crippen LogP contribution in [0.1, 0.15) is 25.7 Å². The summed E-state index contributed by atoms with van der Waals surface area (Å²) in [6, 6.07) is 0. The molecule has 2 N–H and O–H groups in total. The van der Waals surface area contributed by atoms with Crippen LogP contribution in [-0.2, 0) is 4.79 Å². The van der Waals surface area contributed by atoms with Crippen LogP contribution in [0.15, 0.2) is 0 Å². The molecule has 0 aromatic heterocycles. The number of carbonyl (C=O) groups excluding carboxylic acids is 1. The Labute approximate surface area is 98.8 Å². The average molecular weight is 227 g/mol. The van der Waals surface area contributed by atoms with Crippen molar-refractivity contribution >= 4 is 5.91 Å². The van der Waals surface area contributed by atoms with Crippen molar-refractivity contribution in [1.82, 2.24) is 15.5 Å². The molecular formula is C12H25N3O. The van der Waals surface area contributed by atoms with Crippen LogP contribution in [-0.4, -0.2) is 51.1 Å². The Morgan fingerprint density at radius 3 is 3.00 bits per heavy atom. The number of piperidine rings is 1. The minimum Gasteiger partial charge on any atom is -0.356 e. The van der Waals surface area contributed by atoms with Gasteiger partial charge in [-0.15, -0.1) is 0 Å². The van der Waals surface area contributed by atoms with Crippen LogP contribution in [0.25, 0.3) is 0 Å². The van der Waals surface area contributed by atoms with Gasteiger partial charge in [-0.2, -0.15) is 0 Å². The summed E-state index contributed by atoms with van der Waals surface area (Å²) in [5, 5.41) is 6.09. The zero-order valence-electron chi connectivity index (χ0n) is 10.6. The number of nitrogens with one attached hydrogen (secondary N) is 2. The van der Waals surface area contributed by atoms with E-state index in [-0.39, 0.29) is 5.91 Å². The molecule has 1 heterocycles. The van der Waals surface area contributed by atoms with Crippen molar-refractivity contribution in [2.75, 3.05) is 40.3 Å². The summed E-state index contributed by atoms with van der Waals surface area (Å²) in [6.45, 7) is 4.09. The molecule has 1 aliphatic heterocycles. The van der Waals surface area contributed by atoms with Gasteiger partial charge in [0, 0.05) is 19.5 Å². The zero-order chi connectivity index (χ0) is 11.8. The molecule has 0 radical (unpaired) electrons. The van der Waals surface area contributed by atoms with Crippen molar-refractivity contribution in [2.45, 2.75) is 25.7 Å². The topological polar surface area (TPSA) is 44.4 Å². The van der Waals surface area contributed by atoms with Crippen molar-refractivity contribution < 1.29 is 4.79 Å². The molecule has 1 fully saturated rings. The van der Waals surface area contributed by atoms with Crippen molar-refractivity contribution in [3.63, 3.8) is 0 Å². The lowest BCUT2D eigenvalue weighted by atomic mass is 9.98. The van der Waals surface area contributed by atoms with Gasteiger partial charge >= 0.3 is 0 Å². The van der Waals surface area contributed by atoms with Crippen LogP contribution in [0.4, 0.5) is 0 Å². The molecule has 0 aromatic carbocycles. The molecule has 1 atom stereocenters. The molecule has 0 spiro atoms. The second-order valence-corrected chi connectivity index (χ2v) is 4.78. The highest BCUT2D eigenvalue weighted by Gasteiger charge is 2.17. The molecule has 16 heavy (non-hydrogen) atoms. The van der Waals surface area contributed by atoms with E-state index in [1.165, 1.54) is 19.4 Å². The molecular weight excluding hydrogens is 202 g/mol. The number of amides is 1. The fourth-order valence-corrected chi connectivity index (χ4v) is 2.21. The number of carbonyl (C=O) groups is 1. The Kier molecular flexibility index (Phi) is 6.42. The lowest BCUT2D eigenvalue weighted by Gasteiger charge is -2.29. The van der Waals surface area contributed by atoms with Crippen molar-refractivity contribution in [3.8, 4) is 0 Å². The van der Waals surface area contributed by atoms with Crippen LogP contribution in [0.5, 0.6) is 0 Å². The molecule has 1 unspecified atom stereocenters. The maximum Gasteiger partial charge on any atom is 0.220 e. The van der Waals surface area contributed by atoms with Crippen LogP contribution >= 0.6 is 0 Å². The Balaban J connectivity index is 2.06. The van der Waals surface area contributed by atoms with Gasteiger partial charge in [0.05, 0.1) is 0 Å². The monoisotopic (exact) mass is 227 g/mol. The molecule has 0 aromatic rings. The van der Waals surface area contributed by atoms with E-state index in [9.17, 15) is 4.79 Å². The van der Waals surface area contributed by atoms with E-state index in [0.717, 1.165) is 26.1 Å².